The van der Waals surface area contributed by atoms with Crippen LogP contribution in [0.2, 0.25) is 0 Å². The van der Waals surface area contributed by atoms with E-state index in [9.17, 15) is 0 Å². The second-order valence-electron chi connectivity index (χ2n) is 5.37. The molecule has 0 atom stereocenters. The molecule has 1 aliphatic carbocycles. The number of rotatable bonds is 6. The van der Waals surface area contributed by atoms with E-state index >= 15 is 0 Å². The van der Waals surface area contributed by atoms with Crippen molar-refractivity contribution in [3.05, 3.63) is 41.9 Å². The fourth-order valence-electron chi connectivity index (χ4n) is 2.24. The Morgan fingerprint density at radius 2 is 2.05 bits per heavy atom. The van der Waals surface area contributed by atoms with Crippen molar-refractivity contribution in [3.8, 4) is 11.3 Å². The Hall–Kier alpha value is -1.61. The fourth-order valence-corrected chi connectivity index (χ4v) is 2.24. The van der Waals surface area contributed by atoms with Gasteiger partial charge in [-0.1, -0.05) is 31.2 Å². The lowest BCUT2D eigenvalue weighted by Crippen LogP contribution is -2.16. The van der Waals surface area contributed by atoms with Crippen LogP contribution in [0.5, 0.6) is 0 Å². The summed E-state index contributed by atoms with van der Waals surface area (Å²) in [6.07, 6.45) is 5.79. The van der Waals surface area contributed by atoms with E-state index in [0.29, 0.717) is 0 Å². The number of hydrogen-bond acceptors (Lipinski definition) is 2. The molecule has 3 nitrogen and oxygen atoms in total. The molecule has 19 heavy (non-hydrogen) atoms. The molecule has 0 spiro atoms. The number of hydrogen-bond donors (Lipinski definition) is 2. The van der Waals surface area contributed by atoms with Gasteiger partial charge in [0.25, 0.3) is 0 Å². The summed E-state index contributed by atoms with van der Waals surface area (Å²) < 4.78 is 0. The van der Waals surface area contributed by atoms with Crippen LogP contribution in [-0.4, -0.2) is 16.5 Å². The van der Waals surface area contributed by atoms with Gasteiger partial charge in [0, 0.05) is 0 Å². The monoisotopic (exact) mass is 255 g/mol. The zero-order valence-electron chi connectivity index (χ0n) is 11.4. The Labute approximate surface area is 114 Å². The van der Waals surface area contributed by atoms with Crippen LogP contribution in [0.15, 0.2) is 30.5 Å². The van der Waals surface area contributed by atoms with Gasteiger partial charge in [-0.3, -0.25) is 0 Å². The predicted molar refractivity (Wildman–Crippen MR) is 77.8 cm³/mol. The van der Waals surface area contributed by atoms with Gasteiger partial charge in [0.05, 0.1) is 18.4 Å². The van der Waals surface area contributed by atoms with E-state index in [4.69, 9.17) is 0 Å². The first-order valence-electron chi connectivity index (χ1n) is 7.19. The summed E-state index contributed by atoms with van der Waals surface area (Å²) in [6, 6.07) is 8.68. The smallest absolute Gasteiger partial charge is 0.120 e. The average molecular weight is 255 g/mol. The summed E-state index contributed by atoms with van der Waals surface area (Å²) in [4.78, 5) is 7.82. The maximum Gasteiger partial charge on any atom is 0.120 e. The molecule has 1 saturated carbocycles. The summed E-state index contributed by atoms with van der Waals surface area (Å²) >= 11 is 0. The zero-order valence-corrected chi connectivity index (χ0v) is 11.4. The Kier molecular flexibility index (Phi) is 3.65. The molecule has 1 aromatic heterocycles. The van der Waals surface area contributed by atoms with Gasteiger partial charge in [0.15, 0.2) is 0 Å². The van der Waals surface area contributed by atoms with Crippen molar-refractivity contribution in [3.63, 3.8) is 0 Å². The Morgan fingerprint density at radius 3 is 2.74 bits per heavy atom. The maximum absolute atomic E-state index is 4.43. The number of nitrogens with zero attached hydrogens (tertiary/aromatic N) is 1. The number of aromatic nitrogens is 2. The van der Waals surface area contributed by atoms with Crippen molar-refractivity contribution in [2.75, 3.05) is 6.54 Å². The van der Waals surface area contributed by atoms with Crippen molar-refractivity contribution in [1.82, 2.24) is 15.3 Å². The van der Waals surface area contributed by atoms with Gasteiger partial charge in [-0.2, -0.15) is 0 Å². The highest BCUT2D eigenvalue weighted by molar-refractivity contribution is 5.58. The van der Waals surface area contributed by atoms with E-state index in [0.717, 1.165) is 36.9 Å². The van der Waals surface area contributed by atoms with Gasteiger partial charge in [0.1, 0.15) is 5.82 Å². The fraction of sp³-hybridized carbons (Fsp3) is 0.438. The van der Waals surface area contributed by atoms with E-state index in [2.05, 4.69) is 46.5 Å². The molecule has 0 aliphatic heterocycles. The minimum atomic E-state index is 0.837. The molecule has 2 N–H and O–H groups in total. The lowest BCUT2D eigenvalue weighted by molar-refractivity contribution is 0.623. The van der Waals surface area contributed by atoms with Crippen LogP contribution in [-0.2, 0) is 13.0 Å². The van der Waals surface area contributed by atoms with E-state index in [-0.39, 0.29) is 0 Å². The highest BCUT2D eigenvalue weighted by Gasteiger charge is 2.20. The highest BCUT2D eigenvalue weighted by Crippen LogP contribution is 2.27. The minimum Gasteiger partial charge on any atom is -0.341 e. The SMILES string of the molecule is CCc1ccc(-c2cnc(CNCC3CC3)[nH]2)cc1. The van der Waals surface area contributed by atoms with Crippen molar-refractivity contribution in [2.24, 2.45) is 5.92 Å². The van der Waals surface area contributed by atoms with Crippen molar-refractivity contribution < 1.29 is 0 Å². The summed E-state index contributed by atoms with van der Waals surface area (Å²) in [5, 5.41) is 3.45. The summed E-state index contributed by atoms with van der Waals surface area (Å²) in [5.74, 6) is 1.94. The van der Waals surface area contributed by atoms with Crippen LogP contribution >= 0.6 is 0 Å². The first-order valence-corrected chi connectivity index (χ1v) is 7.19. The van der Waals surface area contributed by atoms with Crippen molar-refractivity contribution >= 4 is 0 Å². The van der Waals surface area contributed by atoms with Crippen LogP contribution in [0.4, 0.5) is 0 Å². The average Bonchev–Trinajstić information content (AvgIpc) is 3.15. The molecule has 2 aromatic rings. The van der Waals surface area contributed by atoms with E-state index in [1.165, 1.54) is 24.0 Å². The molecule has 100 valence electrons. The third kappa shape index (κ3) is 3.24. The Bertz CT molecular complexity index is 523. The molecule has 3 rings (SSSR count). The number of benzene rings is 1. The molecular formula is C16H21N3. The topological polar surface area (TPSA) is 40.7 Å². The number of aryl methyl sites for hydroxylation is 1. The minimum absolute atomic E-state index is 0.837. The first kappa shape index (κ1) is 12.4. The number of aromatic amines is 1. The van der Waals surface area contributed by atoms with Gasteiger partial charge in [-0.05, 0) is 42.9 Å². The van der Waals surface area contributed by atoms with Crippen LogP contribution in [0.3, 0.4) is 0 Å². The zero-order chi connectivity index (χ0) is 13.1. The number of imidazole rings is 1. The van der Waals surface area contributed by atoms with Crippen LogP contribution in [0.25, 0.3) is 11.3 Å². The molecule has 1 heterocycles. The summed E-state index contributed by atoms with van der Waals surface area (Å²) in [5.41, 5.74) is 3.68. The Balaban J connectivity index is 1.61. The van der Waals surface area contributed by atoms with E-state index < -0.39 is 0 Å². The van der Waals surface area contributed by atoms with Gasteiger partial charge < -0.3 is 10.3 Å². The molecule has 1 aliphatic rings. The molecule has 3 heteroatoms. The van der Waals surface area contributed by atoms with Gasteiger partial charge >= 0.3 is 0 Å². The van der Waals surface area contributed by atoms with Crippen LogP contribution < -0.4 is 5.32 Å². The molecule has 0 unspecified atom stereocenters. The molecule has 1 fully saturated rings. The van der Waals surface area contributed by atoms with Crippen LogP contribution in [0.1, 0.15) is 31.2 Å². The quantitative estimate of drug-likeness (QED) is 0.832. The van der Waals surface area contributed by atoms with Crippen molar-refractivity contribution in [2.45, 2.75) is 32.7 Å². The molecular weight excluding hydrogens is 234 g/mol. The van der Waals surface area contributed by atoms with Gasteiger partial charge in [0.2, 0.25) is 0 Å². The Morgan fingerprint density at radius 1 is 1.26 bits per heavy atom. The van der Waals surface area contributed by atoms with Gasteiger partial charge in [-0.15, -0.1) is 0 Å². The summed E-state index contributed by atoms with van der Waals surface area (Å²) in [7, 11) is 0. The predicted octanol–water partition coefficient (Wildman–Crippen LogP) is 3.14. The summed E-state index contributed by atoms with van der Waals surface area (Å²) in [6.45, 7) is 4.14. The molecule has 0 bridgehead atoms. The third-order valence-electron chi connectivity index (χ3n) is 3.72. The van der Waals surface area contributed by atoms with E-state index in [1.54, 1.807) is 0 Å². The van der Waals surface area contributed by atoms with Crippen LogP contribution in [0, 0.1) is 5.92 Å². The molecule has 1 aromatic carbocycles. The maximum atomic E-state index is 4.43. The highest BCUT2D eigenvalue weighted by atomic mass is 15.0. The van der Waals surface area contributed by atoms with E-state index in [1.807, 2.05) is 6.20 Å². The number of H-pyrrole nitrogens is 1. The molecule has 0 saturated heterocycles. The molecule has 0 amide bonds. The second kappa shape index (κ2) is 5.57. The lowest BCUT2D eigenvalue weighted by atomic mass is 10.1. The van der Waals surface area contributed by atoms with Crippen molar-refractivity contribution in [1.29, 1.82) is 0 Å². The largest absolute Gasteiger partial charge is 0.341 e. The second-order valence-corrected chi connectivity index (χ2v) is 5.37. The molecule has 0 radical (unpaired) electrons. The standard InChI is InChI=1S/C16H21N3/c1-2-12-5-7-14(8-6-12)15-10-18-16(19-15)11-17-9-13-3-4-13/h5-8,10,13,17H,2-4,9,11H2,1H3,(H,18,19). The van der Waals surface area contributed by atoms with Gasteiger partial charge in [-0.25, -0.2) is 4.98 Å². The third-order valence-corrected chi connectivity index (χ3v) is 3.72. The lowest BCUT2D eigenvalue weighted by Gasteiger charge is -2.01. The number of nitrogens with one attached hydrogen (secondary N) is 2. The first-order chi connectivity index (χ1) is 9.35. The normalized spacial score (nSPS) is 14.8.